The van der Waals surface area contributed by atoms with Crippen molar-refractivity contribution in [2.75, 3.05) is 26.3 Å². The van der Waals surface area contributed by atoms with Crippen molar-refractivity contribution in [3.05, 3.63) is 51.2 Å². The maximum absolute atomic E-state index is 13.2. The van der Waals surface area contributed by atoms with E-state index in [9.17, 15) is 14.4 Å². The topological polar surface area (TPSA) is 105 Å². The lowest BCUT2D eigenvalue weighted by atomic mass is 10.1. The highest BCUT2D eigenvalue weighted by molar-refractivity contribution is 5.79. The number of nitrogens with zero attached hydrogens (tertiary/aromatic N) is 3. The Morgan fingerprint density at radius 2 is 2.00 bits per heavy atom. The second-order valence-electron chi connectivity index (χ2n) is 8.47. The zero-order valence-electron chi connectivity index (χ0n) is 18.1. The first-order chi connectivity index (χ1) is 15.5. The normalized spacial score (nSPS) is 19.6. The number of amides is 2. The van der Waals surface area contributed by atoms with Gasteiger partial charge in [0.05, 0.1) is 24.7 Å². The minimum Gasteiger partial charge on any atom is -0.486 e. The number of fused-ring (bicyclic) bond motifs is 2. The summed E-state index contributed by atoms with van der Waals surface area (Å²) in [6.07, 6.45) is 2.32. The third-order valence-corrected chi connectivity index (χ3v) is 6.39. The lowest BCUT2D eigenvalue weighted by Crippen LogP contribution is -2.39. The number of ether oxygens (including phenoxy) is 2. The van der Waals surface area contributed by atoms with E-state index >= 15 is 0 Å². The van der Waals surface area contributed by atoms with Crippen LogP contribution in [0.25, 0.3) is 0 Å². The Kier molecular flexibility index (Phi) is 5.32. The summed E-state index contributed by atoms with van der Waals surface area (Å²) in [6, 6.07) is 5.30. The van der Waals surface area contributed by atoms with E-state index in [1.54, 1.807) is 9.80 Å². The van der Waals surface area contributed by atoms with Crippen LogP contribution in [0, 0.1) is 0 Å². The lowest BCUT2D eigenvalue weighted by molar-refractivity contribution is -0.131. The number of carbonyl (C=O) groups is 2. The summed E-state index contributed by atoms with van der Waals surface area (Å²) in [4.78, 5) is 48.7. The number of rotatable bonds is 3. The van der Waals surface area contributed by atoms with E-state index in [4.69, 9.17) is 14.5 Å². The molecule has 9 heteroatoms. The van der Waals surface area contributed by atoms with Crippen LogP contribution in [0.4, 0.5) is 0 Å². The summed E-state index contributed by atoms with van der Waals surface area (Å²) >= 11 is 0. The molecule has 0 saturated carbocycles. The second kappa shape index (κ2) is 8.29. The van der Waals surface area contributed by atoms with Crippen molar-refractivity contribution in [2.24, 2.45) is 0 Å². The standard InChI is InChI=1S/C23H26N4O5/c1-14(28)26-8-6-16-17(13-26)24-22(25-23(16)30)18-3-2-7-27(18)21(29)12-15-4-5-19-20(11-15)32-10-9-31-19/h4-5,11,18H,2-3,6-10,12-13H2,1H3,(H,24,25,30). The molecule has 1 unspecified atom stereocenters. The van der Waals surface area contributed by atoms with Gasteiger partial charge in [0, 0.05) is 25.6 Å². The van der Waals surface area contributed by atoms with Gasteiger partial charge in [-0.1, -0.05) is 6.07 Å². The molecule has 1 fully saturated rings. The SMILES string of the molecule is CC(=O)N1CCc2c(nc(C3CCCN3C(=O)Cc3ccc4c(c3)OCCO4)[nH]c2=O)C1. The number of H-pyrrole nitrogens is 1. The van der Waals surface area contributed by atoms with Crippen LogP contribution in [0.15, 0.2) is 23.0 Å². The highest BCUT2D eigenvalue weighted by atomic mass is 16.6. The molecule has 3 aliphatic heterocycles. The Balaban J connectivity index is 1.36. The van der Waals surface area contributed by atoms with Crippen LogP contribution in [-0.2, 0) is 29.0 Å². The zero-order chi connectivity index (χ0) is 22.2. The molecular weight excluding hydrogens is 412 g/mol. The van der Waals surface area contributed by atoms with E-state index in [0.29, 0.717) is 67.8 Å². The van der Waals surface area contributed by atoms with Crippen LogP contribution in [0.2, 0.25) is 0 Å². The van der Waals surface area contributed by atoms with E-state index in [0.717, 1.165) is 18.4 Å². The summed E-state index contributed by atoms with van der Waals surface area (Å²) in [5.74, 6) is 1.82. The zero-order valence-corrected chi connectivity index (χ0v) is 18.1. The van der Waals surface area contributed by atoms with Crippen molar-refractivity contribution in [1.82, 2.24) is 19.8 Å². The van der Waals surface area contributed by atoms with Crippen molar-refractivity contribution in [3.63, 3.8) is 0 Å². The van der Waals surface area contributed by atoms with Crippen LogP contribution in [-0.4, -0.2) is 57.9 Å². The number of likely N-dealkylation sites (tertiary alicyclic amines) is 1. The van der Waals surface area contributed by atoms with Crippen LogP contribution < -0.4 is 15.0 Å². The van der Waals surface area contributed by atoms with Gasteiger partial charge in [0.25, 0.3) is 5.56 Å². The molecular formula is C23H26N4O5. The highest BCUT2D eigenvalue weighted by Gasteiger charge is 2.33. The highest BCUT2D eigenvalue weighted by Crippen LogP contribution is 2.33. The molecule has 2 amide bonds. The minimum atomic E-state index is -0.273. The van der Waals surface area contributed by atoms with Crippen LogP contribution in [0.3, 0.4) is 0 Å². The first kappa shape index (κ1) is 20.5. The molecule has 3 aliphatic rings. The molecule has 32 heavy (non-hydrogen) atoms. The Hall–Kier alpha value is -3.36. The second-order valence-corrected chi connectivity index (χ2v) is 8.47. The summed E-state index contributed by atoms with van der Waals surface area (Å²) in [7, 11) is 0. The maximum Gasteiger partial charge on any atom is 0.254 e. The maximum atomic E-state index is 13.2. The van der Waals surface area contributed by atoms with Gasteiger partial charge in [-0.2, -0.15) is 0 Å². The molecule has 2 aromatic rings. The lowest BCUT2D eigenvalue weighted by Gasteiger charge is -2.29. The van der Waals surface area contributed by atoms with Gasteiger partial charge < -0.3 is 24.3 Å². The fourth-order valence-electron chi connectivity index (χ4n) is 4.71. The van der Waals surface area contributed by atoms with Crippen molar-refractivity contribution >= 4 is 11.8 Å². The number of hydrogen-bond acceptors (Lipinski definition) is 6. The van der Waals surface area contributed by atoms with E-state index in [2.05, 4.69) is 4.98 Å². The van der Waals surface area contributed by atoms with Gasteiger partial charge in [-0.15, -0.1) is 0 Å². The molecule has 5 rings (SSSR count). The van der Waals surface area contributed by atoms with Gasteiger partial charge in [0.15, 0.2) is 11.5 Å². The number of hydrogen-bond donors (Lipinski definition) is 1. The van der Waals surface area contributed by atoms with E-state index in [-0.39, 0.29) is 29.8 Å². The summed E-state index contributed by atoms with van der Waals surface area (Å²) in [5.41, 5.74) is 1.96. The van der Waals surface area contributed by atoms with Crippen LogP contribution in [0.1, 0.15) is 48.5 Å². The van der Waals surface area contributed by atoms with Gasteiger partial charge in [-0.3, -0.25) is 14.4 Å². The van der Waals surface area contributed by atoms with E-state index in [1.165, 1.54) is 6.92 Å². The third-order valence-electron chi connectivity index (χ3n) is 6.39. The molecule has 1 aromatic carbocycles. The Labute approximate surface area is 185 Å². The summed E-state index contributed by atoms with van der Waals surface area (Å²) in [6.45, 7) is 4.02. The molecule has 1 atom stereocenters. The largest absolute Gasteiger partial charge is 0.486 e. The molecule has 1 N–H and O–H groups in total. The van der Waals surface area contributed by atoms with Crippen molar-refractivity contribution in [2.45, 2.75) is 45.2 Å². The average molecular weight is 438 g/mol. The predicted molar refractivity (Wildman–Crippen MR) is 114 cm³/mol. The molecule has 4 heterocycles. The Morgan fingerprint density at radius 3 is 2.81 bits per heavy atom. The van der Waals surface area contributed by atoms with Crippen molar-refractivity contribution in [1.29, 1.82) is 0 Å². The van der Waals surface area contributed by atoms with Crippen molar-refractivity contribution in [3.8, 4) is 11.5 Å². The fraction of sp³-hybridized carbons (Fsp3) is 0.478. The van der Waals surface area contributed by atoms with Gasteiger partial charge in [0.2, 0.25) is 11.8 Å². The average Bonchev–Trinajstić information content (AvgIpc) is 3.29. The Morgan fingerprint density at radius 1 is 1.19 bits per heavy atom. The van der Waals surface area contributed by atoms with Crippen LogP contribution in [0.5, 0.6) is 11.5 Å². The summed E-state index contributed by atoms with van der Waals surface area (Å²) in [5, 5.41) is 0. The molecule has 1 saturated heterocycles. The number of aromatic nitrogens is 2. The van der Waals surface area contributed by atoms with Gasteiger partial charge in [-0.05, 0) is 37.0 Å². The van der Waals surface area contributed by atoms with Gasteiger partial charge >= 0.3 is 0 Å². The fourth-order valence-corrected chi connectivity index (χ4v) is 4.71. The van der Waals surface area contributed by atoms with Crippen LogP contribution >= 0.6 is 0 Å². The first-order valence-electron chi connectivity index (χ1n) is 11.0. The van der Waals surface area contributed by atoms with E-state index < -0.39 is 0 Å². The number of nitrogens with one attached hydrogen (secondary N) is 1. The number of benzene rings is 1. The third kappa shape index (κ3) is 3.83. The molecule has 0 radical (unpaired) electrons. The predicted octanol–water partition coefficient (Wildman–Crippen LogP) is 1.35. The molecule has 0 aliphatic carbocycles. The molecule has 1 aromatic heterocycles. The summed E-state index contributed by atoms with van der Waals surface area (Å²) < 4.78 is 11.2. The molecule has 9 nitrogen and oxygen atoms in total. The molecule has 0 bridgehead atoms. The monoisotopic (exact) mass is 438 g/mol. The number of carbonyl (C=O) groups excluding carboxylic acids is 2. The number of aromatic amines is 1. The van der Waals surface area contributed by atoms with E-state index in [1.807, 2.05) is 18.2 Å². The quantitative estimate of drug-likeness (QED) is 0.776. The minimum absolute atomic E-state index is 0.0186. The van der Waals surface area contributed by atoms with Crippen molar-refractivity contribution < 1.29 is 19.1 Å². The smallest absolute Gasteiger partial charge is 0.254 e. The Bertz CT molecular complexity index is 1130. The molecule has 168 valence electrons. The first-order valence-corrected chi connectivity index (χ1v) is 11.0. The van der Waals surface area contributed by atoms with Gasteiger partial charge in [0.1, 0.15) is 19.0 Å². The molecule has 0 spiro atoms. The van der Waals surface area contributed by atoms with Gasteiger partial charge in [-0.25, -0.2) is 4.98 Å².